The zero-order chi connectivity index (χ0) is 31.2. The van der Waals surface area contributed by atoms with Gasteiger partial charge in [-0.05, 0) is 48.7 Å². The number of aliphatic hydroxyl groups excluding tert-OH is 1. The van der Waals surface area contributed by atoms with Gasteiger partial charge >= 0.3 is 6.03 Å². The number of nitrogens with one attached hydrogen (secondary N) is 2. The Bertz CT molecular complexity index is 1640. The Hall–Kier alpha value is -4.96. The van der Waals surface area contributed by atoms with Crippen LogP contribution in [0.15, 0.2) is 85.2 Å². The normalized spacial score (nSPS) is 17.4. The number of carbonyl (C=O) groups excluding carboxylic acids is 3. The van der Waals surface area contributed by atoms with Crippen molar-refractivity contribution >= 4 is 40.0 Å². The molecule has 5 rings (SSSR count). The number of hydrogen-bond acceptors (Lipinski definition) is 6. The van der Waals surface area contributed by atoms with Crippen molar-refractivity contribution in [3.63, 3.8) is 0 Å². The fourth-order valence-electron chi connectivity index (χ4n) is 5.33. The molecular formula is C34H37N5O5. The van der Waals surface area contributed by atoms with Crippen molar-refractivity contribution in [2.24, 2.45) is 5.92 Å². The number of nitrogens with zero attached hydrogens (tertiary/aromatic N) is 3. The standard InChI is InChI=1S/C34H37N5O5/c1-22-19-39(23(2)21-40)32(41)18-26-17-27(36-33(42)25-13-15-35-16-14-25)11-12-30(26)44-31(22)20-38(3)34(43)37-29-10-6-8-24-7-4-5-9-28(24)29/h4-17,22-23,31,40H,18-21H2,1-3H3,(H,36,42)(H,37,43)/t22-,23-,31+/m0/s1. The highest BCUT2D eigenvalue weighted by molar-refractivity contribution is 6.04. The number of fused-ring (bicyclic) bond motifs is 2. The number of rotatable bonds is 7. The summed E-state index contributed by atoms with van der Waals surface area (Å²) < 4.78 is 6.54. The summed E-state index contributed by atoms with van der Waals surface area (Å²) in [6, 6.07) is 21.4. The maximum absolute atomic E-state index is 13.5. The minimum Gasteiger partial charge on any atom is -0.488 e. The lowest BCUT2D eigenvalue weighted by atomic mass is 10.0. The number of pyridine rings is 1. The first kappa shape index (κ1) is 30.5. The molecule has 10 nitrogen and oxygen atoms in total. The van der Waals surface area contributed by atoms with Crippen molar-refractivity contribution in [2.45, 2.75) is 32.4 Å². The first-order valence-corrected chi connectivity index (χ1v) is 14.6. The van der Waals surface area contributed by atoms with E-state index in [0.29, 0.717) is 34.8 Å². The molecule has 0 saturated carbocycles. The minimum atomic E-state index is -0.478. The third-order valence-corrected chi connectivity index (χ3v) is 7.95. The Morgan fingerprint density at radius 1 is 1.07 bits per heavy atom. The molecule has 0 unspecified atom stereocenters. The van der Waals surface area contributed by atoms with Crippen LogP contribution in [0.5, 0.6) is 5.75 Å². The third-order valence-electron chi connectivity index (χ3n) is 7.95. The molecule has 3 atom stereocenters. The summed E-state index contributed by atoms with van der Waals surface area (Å²) in [5, 5.41) is 17.8. The van der Waals surface area contributed by atoms with E-state index >= 15 is 0 Å². The molecule has 0 spiro atoms. The molecule has 2 heterocycles. The lowest BCUT2D eigenvalue weighted by Crippen LogP contribution is -2.48. The molecule has 4 aromatic rings. The van der Waals surface area contributed by atoms with Gasteiger partial charge in [0.25, 0.3) is 5.91 Å². The molecule has 1 aliphatic rings. The average Bonchev–Trinajstić information content (AvgIpc) is 3.08. The maximum atomic E-state index is 13.5. The number of likely N-dealkylation sites (N-methyl/N-ethyl adjacent to an activating group) is 1. The van der Waals surface area contributed by atoms with Gasteiger partial charge in [-0.15, -0.1) is 0 Å². The average molecular weight is 596 g/mol. The molecule has 1 aliphatic heterocycles. The third kappa shape index (κ3) is 6.98. The topological polar surface area (TPSA) is 124 Å². The summed E-state index contributed by atoms with van der Waals surface area (Å²) in [5.41, 5.74) is 2.28. The molecule has 0 bridgehead atoms. The second kappa shape index (κ2) is 13.6. The number of aliphatic hydroxyl groups is 1. The van der Waals surface area contributed by atoms with E-state index < -0.39 is 12.1 Å². The summed E-state index contributed by atoms with van der Waals surface area (Å²) >= 11 is 0. The van der Waals surface area contributed by atoms with Crippen LogP contribution < -0.4 is 15.4 Å². The van der Waals surface area contributed by atoms with Crippen molar-refractivity contribution in [1.29, 1.82) is 0 Å². The summed E-state index contributed by atoms with van der Waals surface area (Å²) in [6.45, 7) is 4.16. The van der Waals surface area contributed by atoms with E-state index in [1.54, 1.807) is 66.5 Å². The highest BCUT2D eigenvalue weighted by Crippen LogP contribution is 2.30. The van der Waals surface area contributed by atoms with E-state index in [1.165, 1.54) is 0 Å². The lowest BCUT2D eigenvalue weighted by molar-refractivity contribution is -0.134. The number of anilines is 2. The maximum Gasteiger partial charge on any atom is 0.321 e. The van der Waals surface area contributed by atoms with Crippen LogP contribution in [0, 0.1) is 5.92 Å². The molecule has 3 N–H and O–H groups in total. The van der Waals surface area contributed by atoms with E-state index in [4.69, 9.17) is 4.74 Å². The second-order valence-corrected chi connectivity index (χ2v) is 11.2. The first-order chi connectivity index (χ1) is 21.2. The molecule has 0 radical (unpaired) electrons. The van der Waals surface area contributed by atoms with Gasteiger partial charge in [0.2, 0.25) is 5.91 Å². The zero-order valence-corrected chi connectivity index (χ0v) is 25.1. The van der Waals surface area contributed by atoms with Crippen LogP contribution in [-0.4, -0.2) is 76.6 Å². The molecule has 44 heavy (non-hydrogen) atoms. The van der Waals surface area contributed by atoms with Gasteiger partial charge in [-0.2, -0.15) is 0 Å². The van der Waals surface area contributed by atoms with Crippen molar-refractivity contribution in [3.05, 3.63) is 96.3 Å². The van der Waals surface area contributed by atoms with Gasteiger partial charge in [0.05, 0.1) is 31.3 Å². The van der Waals surface area contributed by atoms with E-state index in [1.807, 2.05) is 49.4 Å². The molecule has 0 aliphatic carbocycles. The van der Waals surface area contributed by atoms with Gasteiger partial charge in [-0.3, -0.25) is 14.6 Å². The Morgan fingerprint density at radius 2 is 1.82 bits per heavy atom. The van der Waals surface area contributed by atoms with Crippen molar-refractivity contribution < 1.29 is 24.2 Å². The molecular weight excluding hydrogens is 558 g/mol. The van der Waals surface area contributed by atoms with Crippen molar-refractivity contribution in [1.82, 2.24) is 14.8 Å². The number of amides is 4. The first-order valence-electron chi connectivity index (χ1n) is 14.6. The fraction of sp³-hybridized carbons (Fsp3) is 0.294. The van der Waals surface area contributed by atoms with E-state index in [0.717, 1.165) is 10.8 Å². The number of aromatic nitrogens is 1. The molecule has 10 heteroatoms. The van der Waals surface area contributed by atoms with E-state index in [2.05, 4.69) is 15.6 Å². The van der Waals surface area contributed by atoms with Crippen LogP contribution in [0.25, 0.3) is 10.8 Å². The Kier molecular flexibility index (Phi) is 9.40. The van der Waals surface area contributed by atoms with E-state index in [9.17, 15) is 19.5 Å². The number of urea groups is 1. The largest absolute Gasteiger partial charge is 0.488 e. The molecule has 3 aromatic carbocycles. The Morgan fingerprint density at radius 3 is 2.59 bits per heavy atom. The van der Waals surface area contributed by atoms with Gasteiger partial charge in [0.1, 0.15) is 11.9 Å². The Balaban J connectivity index is 1.39. The second-order valence-electron chi connectivity index (χ2n) is 11.2. The van der Waals surface area contributed by atoms with Crippen LogP contribution in [0.4, 0.5) is 16.2 Å². The number of hydrogen-bond donors (Lipinski definition) is 3. The summed E-state index contributed by atoms with van der Waals surface area (Å²) in [5.74, 6) is -0.150. The van der Waals surface area contributed by atoms with Crippen LogP contribution in [0.2, 0.25) is 0 Å². The highest BCUT2D eigenvalue weighted by Gasteiger charge is 2.32. The van der Waals surface area contributed by atoms with Crippen molar-refractivity contribution in [2.75, 3.05) is 37.4 Å². The lowest BCUT2D eigenvalue weighted by Gasteiger charge is -2.34. The van der Waals surface area contributed by atoms with Gasteiger partial charge in [-0.25, -0.2) is 4.79 Å². The molecule has 0 fully saturated rings. The zero-order valence-electron chi connectivity index (χ0n) is 25.1. The number of carbonyl (C=O) groups is 3. The van der Waals surface area contributed by atoms with E-state index in [-0.39, 0.29) is 43.3 Å². The van der Waals surface area contributed by atoms with Crippen LogP contribution in [0.1, 0.15) is 29.8 Å². The summed E-state index contributed by atoms with van der Waals surface area (Å²) in [7, 11) is 1.71. The number of ether oxygens (including phenoxy) is 1. The Labute approximate surface area is 256 Å². The van der Waals surface area contributed by atoms with Crippen LogP contribution >= 0.6 is 0 Å². The SMILES string of the molecule is C[C@H]1CN([C@@H](C)CO)C(=O)Cc2cc(NC(=O)c3ccncc3)ccc2O[C@@H]1CN(C)C(=O)Nc1cccc2ccccc12. The van der Waals surface area contributed by atoms with Gasteiger partial charge < -0.3 is 30.3 Å². The number of benzene rings is 3. The quantitative estimate of drug-likeness (QED) is 0.282. The summed E-state index contributed by atoms with van der Waals surface area (Å²) in [6.07, 6.45) is 2.63. The van der Waals surface area contributed by atoms with Gasteiger partial charge in [-0.1, -0.05) is 43.3 Å². The predicted octanol–water partition coefficient (Wildman–Crippen LogP) is 4.80. The summed E-state index contributed by atoms with van der Waals surface area (Å²) in [4.78, 5) is 46.8. The van der Waals surface area contributed by atoms with Crippen molar-refractivity contribution in [3.8, 4) is 5.75 Å². The van der Waals surface area contributed by atoms with Crippen LogP contribution in [0.3, 0.4) is 0 Å². The smallest absolute Gasteiger partial charge is 0.321 e. The molecule has 228 valence electrons. The molecule has 1 aromatic heterocycles. The van der Waals surface area contributed by atoms with Crippen LogP contribution in [-0.2, 0) is 11.2 Å². The van der Waals surface area contributed by atoms with Gasteiger partial charge in [0, 0.05) is 54.1 Å². The molecule has 0 saturated heterocycles. The fourth-order valence-corrected chi connectivity index (χ4v) is 5.33. The monoisotopic (exact) mass is 595 g/mol. The predicted molar refractivity (Wildman–Crippen MR) is 170 cm³/mol. The highest BCUT2D eigenvalue weighted by atomic mass is 16.5. The minimum absolute atomic E-state index is 0.0233. The molecule has 4 amide bonds. The van der Waals surface area contributed by atoms with Gasteiger partial charge in [0.15, 0.2) is 0 Å².